The minimum Gasteiger partial charge on any atom is -0.508 e. The van der Waals surface area contributed by atoms with E-state index in [0.29, 0.717) is 32.2 Å². The number of rotatable bonds is 15. The predicted octanol–water partition coefficient (Wildman–Crippen LogP) is -0.392. The lowest BCUT2D eigenvalue weighted by atomic mass is 9.99. The van der Waals surface area contributed by atoms with Crippen LogP contribution in [-0.4, -0.2) is 65.1 Å². The molecule has 0 saturated carbocycles. The number of hydrogen-bond acceptors (Lipinski definition) is 7. The van der Waals surface area contributed by atoms with E-state index in [4.69, 9.17) is 11.5 Å². The van der Waals surface area contributed by atoms with E-state index in [1.807, 2.05) is 6.92 Å². The molecule has 9 N–H and O–H groups in total. The number of carboxylic acid groups (broad SMARTS) is 1. The van der Waals surface area contributed by atoms with Gasteiger partial charge in [0.15, 0.2) is 0 Å². The van der Waals surface area contributed by atoms with Crippen LogP contribution in [0.2, 0.25) is 0 Å². The molecule has 11 nitrogen and oxygen atoms in total. The molecule has 0 saturated heterocycles. The molecule has 0 heterocycles. The highest BCUT2D eigenvalue weighted by Gasteiger charge is 2.27. The zero-order chi connectivity index (χ0) is 25.7. The van der Waals surface area contributed by atoms with Crippen molar-refractivity contribution in [3.63, 3.8) is 0 Å². The van der Waals surface area contributed by atoms with E-state index in [1.165, 1.54) is 12.1 Å². The molecule has 0 aliphatic rings. The Morgan fingerprint density at radius 1 is 1.03 bits per heavy atom. The fourth-order valence-electron chi connectivity index (χ4n) is 3.22. The Balaban J connectivity index is 2.70. The first-order valence-electron chi connectivity index (χ1n) is 11.4. The highest BCUT2D eigenvalue weighted by molar-refractivity contribution is 5.92. The third kappa shape index (κ3) is 10.2. The fraction of sp³-hybridized carbons (Fsp3) is 0.565. The highest BCUT2D eigenvalue weighted by Crippen LogP contribution is 2.11. The van der Waals surface area contributed by atoms with E-state index in [-0.39, 0.29) is 18.1 Å². The summed E-state index contributed by atoms with van der Waals surface area (Å²) < 4.78 is 0. The van der Waals surface area contributed by atoms with Gasteiger partial charge in [0.2, 0.25) is 17.7 Å². The van der Waals surface area contributed by atoms with Crippen molar-refractivity contribution in [3.8, 4) is 5.75 Å². The molecular weight excluding hydrogens is 442 g/mol. The molecule has 0 aliphatic heterocycles. The topological polar surface area (TPSA) is 197 Å². The quantitative estimate of drug-likeness (QED) is 0.165. The molecule has 0 radical (unpaired) electrons. The molecule has 0 aromatic heterocycles. The molecule has 1 aromatic carbocycles. The number of benzene rings is 1. The summed E-state index contributed by atoms with van der Waals surface area (Å²) in [7, 11) is 0. The molecular formula is C23H37N5O6. The van der Waals surface area contributed by atoms with Gasteiger partial charge in [-0.25, -0.2) is 4.79 Å². The van der Waals surface area contributed by atoms with Gasteiger partial charge in [0.1, 0.15) is 17.8 Å². The highest BCUT2D eigenvalue weighted by atomic mass is 16.4. The number of carbonyl (C=O) groups excluding carboxylic acids is 3. The number of amides is 3. The van der Waals surface area contributed by atoms with E-state index in [9.17, 15) is 29.4 Å². The van der Waals surface area contributed by atoms with Crippen LogP contribution in [-0.2, 0) is 25.6 Å². The van der Waals surface area contributed by atoms with E-state index in [1.54, 1.807) is 19.1 Å². The second-order valence-corrected chi connectivity index (χ2v) is 8.31. The number of nitrogens with one attached hydrogen (secondary N) is 3. The molecule has 0 bridgehead atoms. The lowest BCUT2D eigenvalue weighted by Gasteiger charge is -2.22. The van der Waals surface area contributed by atoms with Gasteiger partial charge in [-0.3, -0.25) is 14.4 Å². The number of carbonyl (C=O) groups is 4. The van der Waals surface area contributed by atoms with Crippen molar-refractivity contribution in [3.05, 3.63) is 29.8 Å². The molecule has 1 rings (SSSR count). The summed E-state index contributed by atoms with van der Waals surface area (Å²) in [5.74, 6) is -3.08. The van der Waals surface area contributed by atoms with Crippen LogP contribution >= 0.6 is 0 Å². The molecule has 0 aliphatic carbocycles. The maximum Gasteiger partial charge on any atom is 0.326 e. The molecule has 1 aromatic rings. The molecule has 34 heavy (non-hydrogen) atoms. The van der Waals surface area contributed by atoms with Crippen LogP contribution < -0.4 is 27.4 Å². The maximum absolute atomic E-state index is 12.7. The van der Waals surface area contributed by atoms with Gasteiger partial charge >= 0.3 is 5.97 Å². The van der Waals surface area contributed by atoms with Gasteiger partial charge in [-0.05, 0) is 55.8 Å². The van der Waals surface area contributed by atoms with E-state index >= 15 is 0 Å². The first-order valence-corrected chi connectivity index (χ1v) is 11.4. The van der Waals surface area contributed by atoms with Crippen LogP contribution in [0.25, 0.3) is 0 Å². The maximum atomic E-state index is 12.7. The molecule has 0 fully saturated rings. The Morgan fingerprint density at radius 3 is 2.24 bits per heavy atom. The van der Waals surface area contributed by atoms with Crippen LogP contribution in [0, 0.1) is 5.92 Å². The fourth-order valence-corrected chi connectivity index (χ4v) is 3.22. The summed E-state index contributed by atoms with van der Waals surface area (Å²) in [6.45, 7) is 3.52. The first-order chi connectivity index (χ1) is 16.1. The Hall–Kier alpha value is -3.18. The van der Waals surface area contributed by atoms with Gasteiger partial charge in [0.05, 0.1) is 12.6 Å². The number of aliphatic carboxylic acids is 1. The molecule has 190 valence electrons. The number of carboxylic acids is 1. The molecule has 0 unspecified atom stereocenters. The normalized spacial score (nSPS) is 14.4. The van der Waals surface area contributed by atoms with Gasteiger partial charge in [0, 0.05) is 0 Å². The number of aromatic hydroxyl groups is 1. The standard InChI is InChI=1S/C23H37N5O6/c1-3-14(2)20(23(33)34)28-19(30)13-26-22(32)18(6-4-5-11-24)27-21(31)17(25)12-15-7-9-16(29)10-8-15/h7-10,14,17-18,20,29H,3-6,11-13,24-25H2,1-2H3,(H,26,32)(H,27,31)(H,28,30)(H,33,34)/t14-,17-,18-,20-/m0/s1. The molecule has 4 atom stereocenters. The number of nitrogens with two attached hydrogens (primary N) is 2. The monoisotopic (exact) mass is 479 g/mol. The predicted molar refractivity (Wildman–Crippen MR) is 127 cm³/mol. The van der Waals surface area contributed by atoms with Crippen molar-refractivity contribution in [1.82, 2.24) is 16.0 Å². The minimum atomic E-state index is -1.15. The van der Waals surface area contributed by atoms with Gasteiger partial charge in [0.25, 0.3) is 0 Å². The van der Waals surface area contributed by atoms with Gasteiger partial charge in [-0.2, -0.15) is 0 Å². The number of phenolic OH excluding ortho intramolecular Hbond substituents is 1. The van der Waals surface area contributed by atoms with Crippen molar-refractivity contribution >= 4 is 23.7 Å². The van der Waals surface area contributed by atoms with Crippen LogP contribution in [0.1, 0.15) is 45.1 Å². The zero-order valence-corrected chi connectivity index (χ0v) is 19.8. The van der Waals surface area contributed by atoms with Gasteiger partial charge in [-0.1, -0.05) is 32.4 Å². The van der Waals surface area contributed by atoms with Crippen molar-refractivity contribution in [2.45, 2.75) is 64.1 Å². The summed E-state index contributed by atoms with van der Waals surface area (Å²) in [5, 5.41) is 26.1. The lowest BCUT2D eigenvalue weighted by molar-refractivity contribution is -0.143. The molecule has 3 amide bonds. The number of hydrogen-bond donors (Lipinski definition) is 7. The van der Waals surface area contributed by atoms with E-state index in [0.717, 1.165) is 5.56 Å². The second kappa shape index (κ2) is 14.9. The first kappa shape index (κ1) is 28.9. The van der Waals surface area contributed by atoms with Gasteiger partial charge < -0.3 is 37.6 Å². The van der Waals surface area contributed by atoms with Crippen molar-refractivity contribution in [1.29, 1.82) is 0 Å². The van der Waals surface area contributed by atoms with Crippen LogP contribution in [0.4, 0.5) is 0 Å². The Labute approximate surface area is 199 Å². The Bertz CT molecular complexity index is 817. The molecule has 11 heteroatoms. The lowest BCUT2D eigenvalue weighted by Crippen LogP contribution is -2.54. The second-order valence-electron chi connectivity index (χ2n) is 8.31. The summed E-state index contributed by atoms with van der Waals surface area (Å²) in [4.78, 5) is 48.8. The Kier molecular flexibility index (Phi) is 12.6. The summed E-state index contributed by atoms with van der Waals surface area (Å²) >= 11 is 0. The Morgan fingerprint density at radius 2 is 1.68 bits per heavy atom. The average Bonchev–Trinajstić information content (AvgIpc) is 2.81. The van der Waals surface area contributed by atoms with Gasteiger partial charge in [-0.15, -0.1) is 0 Å². The van der Waals surface area contributed by atoms with E-state index < -0.39 is 48.4 Å². The van der Waals surface area contributed by atoms with Crippen molar-refractivity contribution in [2.24, 2.45) is 17.4 Å². The third-order valence-electron chi connectivity index (χ3n) is 5.53. The van der Waals surface area contributed by atoms with Crippen molar-refractivity contribution < 1.29 is 29.4 Å². The van der Waals surface area contributed by atoms with Crippen LogP contribution in [0.5, 0.6) is 5.75 Å². The van der Waals surface area contributed by atoms with Crippen molar-refractivity contribution in [2.75, 3.05) is 13.1 Å². The smallest absolute Gasteiger partial charge is 0.326 e. The van der Waals surface area contributed by atoms with Crippen LogP contribution in [0.3, 0.4) is 0 Å². The third-order valence-corrected chi connectivity index (χ3v) is 5.53. The molecule has 0 spiro atoms. The summed E-state index contributed by atoms with van der Waals surface area (Å²) in [6, 6.07) is 3.36. The summed E-state index contributed by atoms with van der Waals surface area (Å²) in [5.41, 5.74) is 12.3. The number of unbranched alkanes of at least 4 members (excludes halogenated alkanes) is 1. The SMILES string of the molecule is CC[C@H](C)[C@H](NC(=O)CNC(=O)[C@H](CCCCN)NC(=O)[C@@H](N)Cc1ccc(O)cc1)C(=O)O. The largest absolute Gasteiger partial charge is 0.508 e. The minimum absolute atomic E-state index is 0.0984. The average molecular weight is 480 g/mol. The summed E-state index contributed by atoms with van der Waals surface area (Å²) in [6.07, 6.45) is 2.28. The van der Waals surface area contributed by atoms with Crippen LogP contribution in [0.15, 0.2) is 24.3 Å². The number of phenols is 1. The van der Waals surface area contributed by atoms with E-state index in [2.05, 4.69) is 16.0 Å². The zero-order valence-electron chi connectivity index (χ0n) is 19.8.